The molecule has 1 rings (SSSR count). The van der Waals surface area contributed by atoms with Gasteiger partial charge in [0.2, 0.25) is 0 Å². The minimum atomic E-state index is -0.921. The Balaban J connectivity index is 2.43. The van der Waals surface area contributed by atoms with Crippen molar-refractivity contribution in [2.24, 2.45) is 0 Å². The molecule has 0 spiro atoms. The maximum absolute atomic E-state index is 10.6. The first kappa shape index (κ1) is 11.9. The van der Waals surface area contributed by atoms with Crippen molar-refractivity contribution in [2.75, 3.05) is 27.2 Å². The van der Waals surface area contributed by atoms with Crippen molar-refractivity contribution < 1.29 is 15.2 Å². The number of nitrogens with one attached hydrogen (secondary N) is 1. The monoisotopic (exact) mass is 212 g/mol. The van der Waals surface area contributed by atoms with Gasteiger partial charge in [0.05, 0.1) is 0 Å². The van der Waals surface area contributed by atoms with Crippen LogP contribution in [-0.2, 0) is 0 Å². The maximum atomic E-state index is 10.6. The first-order valence-electron chi connectivity index (χ1n) is 4.70. The van der Waals surface area contributed by atoms with E-state index in [1.165, 1.54) is 12.1 Å². The summed E-state index contributed by atoms with van der Waals surface area (Å²) in [6.45, 7) is 1.43. The average molecular weight is 212 g/mol. The summed E-state index contributed by atoms with van der Waals surface area (Å²) in [5, 5.41) is 18.3. The Kier molecular flexibility index (Phi) is 4.51. The molecule has 5 heteroatoms. The zero-order valence-electron chi connectivity index (χ0n) is 8.93. The minimum absolute atomic E-state index is 0.273. The molecule has 0 radical (unpaired) electrons. The molecule has 5 nitrogen and oxygen atoms in total. The van der Waals surface area contributed by atoms with Crippen LogP contribution in [0.15, 0.2) is 24.3 Å². The van der Waals surface area contributed by atoms with Gasteiger partial charge in [-0.1, -0.05) is 0 Å². The summed E-state index contributed by atoms with van der Waals surface area (Å²) in [7, 11) is 3.94. The van der Waals surface area contributed by atoms with Gasteiger partial charge in [-0.3, -0.25) is 0 Å². The van der Waals surface area contributed by atoms with Crippen molar-refractivity contribution >= 4 is 5.69 Å². The van der Waals surface area contributed by atoms with Crippen LogP contribution in [-0.4, -0.2) is 37.4 Å². The Morgan fingerprint density at radius 3 is 2.40 bits per heavy atom. The third-order valence-electron chi connectivity index (χ3n) is 1.91. The number of ether oxygens (including phenoxy) is 1. The van der Waals surface area contributed by atoms with Crippen LogP contribution in [0.1, 0.15) is 0 Å². The molecule has 0 aliphatic rings. The third-order valence-corrected chi connectivity index (χ3v) is 1.91. The molecule has 1 atom stereocenters. The van der Waals surface area contributed by atoms with Gasteiger partial charge in [0.15, 0.2) is 5.69 Å². The summed E-state index contributed by atoms with van der Waals surface area (Å²) >= 11 is 0. The summed E-state index contributed by atoms with van der Waals surface area (Å²) < 4.78 is 5.42. The van der Waals surface area contributed by atoms with Gasteiger partial charge in [0.25, 0.3) is 0 Å². The van der Waals surface area contributed by atoms with E-state index in [-0.39, 0.29) is 5.69 Å². The van der Waals surface area contributed by atoms with Crippen LogP contribution < -0.4 is 9.96 Å². The van der Waals surface area contributed by atoms with E-state index >= 15 is 0 Å². The van der Waals surface area contributed by atoms with Crippen LogP contribution in [0.3, 0.4) is 0 Å². The second-order valence-electron chi connectivity index (χ2n) is 3.48. The molecule has 84 valence electrons. The predicted octanol–water partition coefficient (Wildman–Crippen LogP) is 0.0304. The molecule has 0 aromatic heterocycles. The van der Waals surface area contributed by atoms with Crippen LogP contribution >= 0.6 is 0 Å². The lowest BCUT2D eigenvalue weighted by molar-refractivity contribution is -0.991. The van der Waals surface area contributed by atoms with E-state index in [4.69, 9.17) is 9.94 Å². The lowest BCUT2D eigenvalue weighted by Gasteiger charge is -2.13. The Bertz CT molecular complexity index is 285. The van der Waals surface area contributed by atoms with E-state index < -0.39 is 5.23 Å². The highest BCUT2D eigenvalue weighted by Gasteiger charge is 2.00. The summed E-state index contributed by atoms with van der Waals surface area (Å²) in [6.07, 6.45) is 0. The normalized spacial score (nSPS) is 12.9. The Labute approximate surface area is 89.0 Å². The van der Waals surface area contributed by atoms with Gasteiger partial charge in [-0.25, -0.2) is 5.21 Å². The van der Waals surface area contributed by atoms with Crippen LogP contribution in [0.2, 0.25) is 0 Å². The van der Waals surface area contributed by atoms with E-state index in [9.17, 15) is 5.21 Å². The number of quaternary nitrogens is 1. The molecular weight excluding hydrogens is 196 g/mol. The molecule has 0 bridgehead atoms. The van der Waals surface area contributed by atoms with Crippen molar-refractivity contribution in [3.8, 4) is 5.75 Å². The number of nitrogens with zero attached hydrogens (tertiary/aromatic N) is 1. The van der Waals surface area contributed by atoms with E-state index in [1.807, 2.05) is 19.0 Å². The number of rotatable bonds is 5. The fraction of sp³-hybridized carbons (Fsp3) is 0.400. The molecule has 0 amide bonds. The van der Waals surface area contributed by atoms with E-state index in [2.05, 4.69) is 0 Å². The first-order valence-corrected chi connectivity index (χ1v) is 4.70. The molecule has 0 aliphatic heterocycles. The molecule has 1 aromatic carbocycles. The van der Waals surface area contributed by atoms with Crippen LogP contribution in [0.25, 0.3) is 0 Å². The van der Waals surface area contributed by atoms with Gasteiger partial charge in [-0.15, -0.1) is 0 Å². The van der Waals surface area contributed by atoms with Crippen molar-refractivity contribution in [2.45, 2.75) is 0 Å². The molecule has 0 heterocycles. The average Bonchev–Trinajstić information content (AvgIpc) is 2.18. The van der Waals surface area contributed by atoms with Gasteiger partial charge >= 0.3 is 0 Å². The van der Waals surface area contributed by atoms with Gasteiger partial charge in [0.1, 0.15) is 12.4 Å². The molecule has 0 aliphatic carbocycles. The Morgan fingerprint density at radius 2 is 1.93 bits per heavy atom. The topological polar surface area (TPSA) is 60.2 Å². The summed E-state index contributed by atoms with van der Waals surface area (Å²) in [5.41, 5.74) is 0.273. The highest BCUT2D eigenvalue weighted by atomic mass is 16.8. The Morgan fingerprint density at radius 1 is 1.33 bits per heavy atom. The zero-order valence-corrected chi connectivity index (χ0v) is 8.93. The van der Waals surface area contributed by atoms with Crippen molar-refractivity contribution in [3.05, 3.63) is 29.5 Å². The van der Waals surface area contributed by atoms with Crippen molar-refractivity contribution in [3.63, 3.8) is 0 Å². The molecule has 2 N–H and O–H groups in total. The number of hydrogen-bond donors (Lipinski definition) is 2. The fourth-order valence-electron chi connectivity index (χ4n) is 1.04. The summed E-state index contributed by atoms with van der Waals surface area (Å²) in [4.78, 5) is 2.02. The fourth-order valence-corrected chi connectivity index (χ4v) is 1.04. The number of likely N-dealkylation sites (N-methyl/N-ethyl adjacent to an activating group) is 1. The zero-order chi connectivity index (χ0) is 11.3. The van der Waals surface area contributed by atoms with Crippen molar-refractivity contribution in [1.29, 1.82) is 0 Å². The van der Waals surface area contributed by atoms with Gasteiger partial charge in [0, 0.05) is 18.7 Å². The molecule has 0 saturated carbocycles. The van der Waals surface area contributed by atoms with E-state index in [0.29, 0.717) is 12.4 Å². The summed E-state index contributed by atoms with van der Waals surface area (Å²) in [5.74, 6) is 0.696. The highest BCUT2D eigenvalue weighted by molar-refractivity contribution is 5.35. The lowest BCUT2D eigenvalue weighted by atomic mass is 10.3. The first-order chi connectivity index (χ1) is 7.09. The molecule has 15 heavy (non-hydrogen) atoms. The van der Waals surface area contributed by atoms with Gasteiger partial charge in [-0.2, -0.15) is 5.23 Å². The van der Waals surface area contributed by atoms with Crippen LogP contribution in [0, 0.1) is 5.21 Å². The van der Waals surface area contributed by atoms with E-state index in [1.54, 1.807) is 12.1 Å². The summed E-state index contributed by atoms with van der Waals surface area (Å²) in [6, 6.07) is 6.40. The second-order valence-corrected chi connectivity index (χ2v) is 3.48. The largest absolute Gasteiger partial charge is 0.595 e. The molecular formula is C10H16N2O3. The number of hydrogen-bond acceptors (Lipinski definition) is 4. The molecule has 1 unspecified atom stereocenters. The highest BCUT2D eigenvalue weighted by Crippen LogP contribution is 2.12. The third kappa shape index (κ3) is 4.26. The molecule has 1 aromatic rings. The Hall–Kier alpha value is -1.14. The standard InChI is InChI=1S/C10H16N2O3/c1-11(2)7-8-15-10-5-3-9(4-6-10)12(13)14/h3-6,12-13H,7-8H2,1-2H3. The lowest BCUT2D eigenvalue weighted by Crippen LogP contribution is -2.99. The second kappa shape index (κ2) is 5.67. The minimum Gasteiger partial charge on any atom is -0.595 e. The van der Waals surface area contributed by atoms with Gasteiger partial charge in [-0.05, 0) is 26.2 Å². The maximum Gasteiger partial charge on any atom is 0.164 e. The molecule has 0 fully saturated rings. The quantitative estimate of drug-likeness (QED) is 0.676. The predicted molar refractivity (Wildman–Crippen MR) is 56.3 cm³/mol. The van der Waals surface area contributed by atoms with E-state index in [0.717, 1.165) is 6.54 Å². The molecule has 0 saturated heterocycles. The number of benzene rings is 1. The van der Waals surface area contributed by atoms with Crippen LogP contribution in [0.5, 0.6) is 5.75 Å². The SMILES string of the molecule is CN(C)CCOc1ccc([NH+]([O-])O)cc1. The van der Waals surface area contributed by atoms with Crippen molar-refractivity contribution in [1.82, 2.24) is 4.90 Å². The smallest absolute Gasteiger partial charge is 0.164 e. The van der Waals surface area contributed by atoms with Crippen LogP contribution in [0.4, 0.5) is 5.69 Å². The van der Waals surface area contributed by atoms with Gasteiger partial charge < -0.3 is 14.8 Å².